The molecule has 4 rings (SSSR count). The Hall–Kier alpha value is -4.26. The van der Waals surface area contributed by atoms with Crippen LogP contribution in [0.3, 0.4) is 0 Å². The zero-order valence-electron chi connectivity index (χ0n) is 19.1. The van der Waals surface area contributed by atoms with E-state index in [1.54, 1.807) is 56.7 Å². The molecule has 0 spiro atoms. The van der Waals surface area contributed by atoms with Gasteiger partial charge in [0.2, 0.25) is 6.79 Å². The summed E-state index contributed by atoms with van der Waals surface area (Å²) in [5.74, 6) is 1.41. The number of fused-ring (bicyclic) bond motifs is 1. The monoisotopic (exact) mass is 460 g/mol. The molecule has 7 nitrogen and oxygen atoms in total. The number of ketones is 1. The number of methoxy groups -OCH3 is 3. The Morgan fingerprint density at radius 1 is 0.794 bits per heavy atom. The lowest BCUT2D eigenvalue weighted by Gasteiger charge is -2.15. The predicted octanol–water partition coefficient (Wildman–Crippen LogP) is 4.48. The van der Waals surface area contributed by atoms with E-state index in [2.05, 4.69) is 0 Å². The van der Waals surface area contributed by atoms with Crippen LogP contribution in [0.25, 0.3) is 5.57 Å². The van der Waals surface area contributed by atoms with Crippen molar-refractivity contribution in [2.75, 3.05) is 28.1 Å². The average molecular weight is 460 g/mol. The van der Waals surface area contributed by atoms with Crippen LogP contribution >= 0.6 is 0 Å². The van der Waals surface area contributed by atoms with Crippen LogP contribution in [0.1, 0.15) is 21.5 Å². The largest absolute Gasteiger partial charge is 0.497 e. The van der Waals surface area contributed by atoms with Gasteiger partial charge in [-0.3, -0.25) is 4.79 Å². The number of carbonyl (C=O) groups is 2. The van der Waals surface area contributed by atoms with E-state index in [4.69, 9.17) is 23.7 Å². The van der Waals surface area contributed by atoms with Crippen LogP contribution in [0.5, 0.6) is 23.0 Å². The number of hydrogen-bond donors (Lipinski definition) is 0. The Kier molecular flexibility index (Phi) is 6.82. The number of Topliss-reactive ketones (excluding diaryl/α,β-unsaturated/α-hetero) is 1. The van der Waals surface area contributed by atoms with Gasteiger partial charge in [-0.15, -0.1) is 0 Å². The van der Waals surface area contributed by atoms with Crippen LogP contribution in [0.15, 0.2) is 72.3 Å². The Bertz CT molecular complexity index is 1240. The Balaban J connectivity index is 1.89. The van der Waals surface area contributed by atoms with E-state index in [0.717, 1.165) is 5.56 Å². The fraction of sp³-hybridized carbons (Fsp3) is 0.185. The molecule has 0 aromatic heterocycles. The summed E-state index contributed by atoms with van der Waals surface area (Å²) in [4.78, 5) is 26.8. The van der Waals surface area contributed by atoms with E-state index < -0.39 is 5.97 Å². The van der Waals surface area contributed by atoms with Crippen molar-refractivity contribution in [3.63, 3.8) is 0 Å². The number of benzene rings is 3. The van der Waals surface area contributed by atoms with Crippen LogP contribution in [0.4, 0.5) is 0 Å². The zero-order chi connectivity index (χ0) is 24.1. The topological polar surface area (TPSA) is 80.3 Å². The van der Waals surface area contributed by atoms with Crippen molar-refractivity contribution < 1.29 is 33.3 Å². The van der Waals surface area contributed by atoms with Gasteiger partial charge in [-0.2, -0.15) is 0 Å². The first kappa shape index (κ1) is 22.9. The molecule has 0 saturated heterocycles. The predicted molar refractivity (Wildman–Crippen MR) is 126 cm³/mol. The van der Waals surface area contributed by atoms with Gasteiger partial charge in [0, 0.05) is 17.6 Å². The second kappa shape index (κ2) is 10.1. The van der Waals surface area contributed by atoms with E-state index in [9.17, 15) is 9.59 Å². The van der Waals surface area contributed by atoms with Crippen molar-refractivity contribution in [1.82, 2.24) is 0 Å². The van der Waals surface area contributed by atoms with Gasteiger partial charge in [-0.1, -0.05) is 18.2 Å². The third-order valence-electron chi connectivity index (χ3n) is 5.49. The summed E-state index contributed by atoms with van der Waals surface area (Å²) in [5, 5.41) is 0. The molecular formula is C27H24O7. The number of hydrogen-bond acceptors (Lipinski definition) is 7. The second-order valence-corrected chi connectivity index (χ2v) is 7.50. The average Bonchev–Trinajstić information content (AvgIpc) is 3.36. The summed E-state index contributed by atoms with van der Waals surface area (Å²) >= 11 is 0. The molecule has 0 amide bonds. The van der Waals surface area contributed by atoms with Gasteiger partial charge in [-0.25, -0.2) is 4.79 Å². The fourth-order valence-corrected chi connectivity index (χ4v) is 3.75. The van der Waals surface area contributed by atoms with E-state index in [0.29, 0.717) is 34.1 Å². The van der Waals surface area contributed by atoms with Crippen molar-refractivity contribution in [2.45, 2.75) is 6.42 Å². The molecule has 0 atom stereocenters. The molecule has 7 heteroatoms. The molecule has 0 aliphatic carbocycles. The van der Waals surface area contributed by atoms with E-state index in [1.165, 1.54) is 7.11 Å². The lowest BCUT2D eigenvalue weighted by atomic mass is 9.89. The number of ether oxygens (including phenoxy) is 5. The maximum Gasteiger partial charge on any atom is 0.338 e. The van der Waals surface area contributed by atoms with Gasteiger partial charge in [-0.05, 0) is 59.7 Å². The molecule has 174 valence electrons. The number of esters is 1. The second-order valence-electron chi connectivity index (χ2n) is 7.50. The molecular weight excluding hydrogens is 436 g/mol. The van der Waals surface area contributed by atoms with Gasteiger partial charge in [0.05, 0.1) is 26.9 Å². The molecule has 0 radical (unpaired) electrons. The molecule has 3 aromatic carbocycles. The third kappa shape index (κ3) is 4.73. The first-order valence-electron chi connectivity index (χ1n) is 10.6. The van der Waals surface area contributed by atoms with Crippen molar-refractivity contribution >= 4 is 17.3 Å². The standard InChI is InChI=1S/C27H24O7/c1-30-20-10-7-18(8-11-20)26(28)22(14-17-5-4-6-21(13-17)31-2)25(27(29)32-3)19-9-12-23-24(15-19)34-16-33-23/h4-13,15H,14,16H2,1-3H3/b25-22-. The minimum Gasteiger partial charge on any atom is -0.497 e. The highest BCUT2D eigenvalue weighted by Gasteiger charge is 2.26. The lowest BCUT2D eigenvalue weighted by molar-refractivity contribution is -0.133. The van der Waals surface area contributed by atoms with Crippen molar-refractivity contribution in [3.8, 4) is 23.0 Å². The summed E-state index contributed by atoms with van der Waals surface area (Å²) < 4.78 is 26.5. The highest BCUT2D eigenvalue weighted by atomic mass is 16.7. The molecule has 0 unspecified atom stereocenters. The van der Waals surface area contributed by atoms with Gasteiger partial charge in [0.15, 0.2) is 17.3 Å². The smallest absolute Gasteiger partial charge is 0.338 e. The summed E-state index contributed by atoms with van der Waals surface area (Å²) in [6, 6.07) is 19.2. The van der Waals surface area contributed by atoms with Crippen molar-refractivity contribution in [1.29, 1.82) is 0 Å². The van der Waals surface area contributed by atoms with Gasteiger partial charge >= 0.3 is 5.97 Å². The molecule has 0 fully saturated rings. The van der Waals surface area contributed by atoms with Crippen molar-refractivity contribution in [3.05, 3.63) is 89.0 Å². The highest BCUT2D eigenvalue weighted by Crippen LogP contribution is 2.36. The quantitative estimate of drug-likeness (QED) is 0.278. The molecule has 0 N–H and O–H groups in total. The summed E-state index contributed by atoms with van der Waals surface area (Å²) in [6.07, 6.45) is 0.181. The number of rotatable bonds is 8. The minimum atomic E-state index is -0.626. The Morgan fingerprint density at radius 2 is 1.50 bits per heavy atom. The first-order chi connectivity index (χ1) is 16.5. The minimum absolute atomic E-state index is 0.0947. The normalized spacial score (nSPS) is 12.6. The molecule has 1 heterocycles. The molecule has 34 heavy (non-hydrogen) atoms. The van der Waals surface area contributed by atoms with Gasteiger partial charge in [0.1, 0.15) is 11.5 Å². The van der Waals surface area contributed by atoms with Crippen molar-refractivity contribution in [2.24, 2.45) is 0 Å². The van der Waals surface area contributed by atoms with E-state index >= 15 is 0 Å². The molecule has 1 aliphatic heterocycles. The van der Waals surface area contributed by atoms with Crippen LogP contribution in [0, 0.1) is 0 Å². The SMILES string of the molecule is COC(=O)/C(=C(/Cc1cccc(OC)c1)C(=O)c1ccc(OC)cc1)c1ccc2c(c1)OCO2. The zero-order valence-corrected chi connectivity index (χ0v) is 19.1. The van der Waals surface area contributed by atoms with Crippen LogP contribution in [0.2, 0.25) is 0 Å². The number of carbonyl (C=O) groups excluding carboxylic acids is 2. The lowest BCUT2D eigenvalue weighted by Crippen LogP contribution is -2.15. The summed E-state index contributed by atoms with van der Waals surface area (Å²) in [5.41, 5.74) is 2.16. The highest BCUT2D eigenvalue weighted by molar-refractivity contribution is 6.27. The third-order valence-corrected chi connectivity index (χ3v) is 5.49. The van der Waals surface area contributed by atoms with E-state index in [-0.39, 0.29) is 30.1 Å². The Morgan fingerprint density at radius 3 is 2.21 bits per heavy atom. The first-order valence-corrected chi connectivity index (χ1v) is 10.6. The molecule has 3 aromatic rings. The van der Waals surface area contributed by atoms with Gasteiger partial charge in [0.25, 0.3) is 0 Å². The van der Waals surface area contributed by atoms with Crippen LogP contribution in [-0.4, -0.2) is 39.9 Å². The van der Waals surface area contributed by atoms with Crippen LogP contribution in [-0.2, 0) is 16.0 Å². The molecule has 0 saturated carbocycles. The summed E-state index contributed by atoms with van der Waals surface area (Å²) in [7, 11) is 4.42. The molecule has 1 aliphatic rings. The summed E-state index contributed by atoms with van der Waals surface area (Å²) in [6.45, 7) is 0.0947. The maximum atomic E-state index is 13.8. The van der Waals surface area contributed by atoms with Crippen LogP contribution < -0.4 is 18.9 Å². The van der Waals surface area contributed by atoms with E-state index in [1.807, 2.05) is 24.3 Å². The Labute approximate surface area is 197 Å². The molecule has 0 bridgehead atoms. The maximum absolute atomic E-state index is 13.8. The van der Waals surface area contributed by atoms with Gasteiger partial charge < -0.3 is 23.7 Å². The fourth-order valence-electron chi connectivity index (χ4n) is 3.75. The number of allylic oxidation sites excluding steroid dienone is 1.